The number of halogens is 1. The molecular weight excluding hydrogens is 400 g/mol. The number of anilines is 1. The first-order chi connectivity index (χ1) is 13.2. The maximum Gasteiger partial charge on any atom is 0.261 e. The van der Waals surface area contributed by atoms with Crippen molar-refractivity contribution < 1.29 is 17.9 Å². The lowest BCUT2D eigenvalue weighted by Crippen LogP contribution is -2.26. The van der Waals surface area contributed by atoms with Gasteiger partial charge in [0, 0.05) is 13.2 Å². The summed E-state index contributed by atoms with van der Waals surface area (Å²) < 4.78 is 32.8. The van der Waals surface area contributed by atoms with E-state index in [9.17, 15) is 13.2 Å². The van der Waals surface area contributed by atoms with E-state index in [-0.39, 0.29) is 33.2 Å². The van der Waals surface area contributed by atoms with E-state index in [0.717, 1.165) is 5.56 Å². The summed E-state index contributed by atoms with van der Waals surface area (Å²) >= 11 is 6.18. The van der Waals surface area contributed by atoms with Crippen molar-refractivity contribution in [2.75, 3.05) is 17.9 Å². The fraction of sp³-hybridized carbons (Fsp3) is 0.350. The Bertz CT molecular complexity index is 912. The van der Waals surface area contributed by atoms with Crippen molar-refractivity contribution in [3.8, 4) is 0 Å². The summed E-state index contributed by atoms with van der Waals surface area (Å²) in [5, 5.41) is 2.94. The molecule has 0 radical (unpaired) electrons. The Morgan fingerprint density at radius 1 is 1.14 bits per heavy atom. The molecule has 8 heteroatoms. The van der Waals surface area contributed by atoms with Gasteiger partial charge in [0.25, 0.3) is 15.9 Å². The molecule has 0 aromatic heterocycles. The average Bonchev–Trinajstić information content (AvgIpc) is 2.61. The second kappa shape index (κ2) is 9.91. The van der Waals surface area contributed by atoms with Gasteiger partial charge < -0.3 is 10.1 Å². The van der Waals surface area contributed by atoms with E-state index < -0.39 is 10.0 Å². The predicted molar refractivity (Wildman–Crippen MR) is 111 cm³/mol. The standard InChI is InChI=1S/C20H25ClN2O4S/c1-14(2)27-12-4-11-22-20(24)18-10-7-16(13-19(18)21)23-28(25,26)17-8-5-15(3)6-9-17/h5-10,13-14,23H,4,11-12H2,1-3H3,(H,22,24). The van der Waals surface area contributed by atoms with Crippen LogP contribution in [0.5, 0.6) is 0 Å². The van der Waals surface area contributed by atoms with Crippen molar-refractivity contribution in [1.82, 2.24) is 5.32 Å². The van der Waals surface area contributed by atoms with E-state index in [1.165, 1.54) is 30.3 Å². The average molecular weight is 425 g/mol. The highest BCUT2D eigenvalue weighted by Gasteiger charge is 2.16. The lowest BCUT2D eigenvalue weighted by atomic mass is 10.2. The van der Waals surface area contributed by atoms with Crippen molar-refractivity contribution in [1.29, 1.82) is 0 Å². The highest BCUT2D eigenvalue weighted by Crippen LogP contribution is 2.23. The van der Waals surface area contributed by atoms with Crippen LogP contribution in [0.1, 0.15) is 36.2 Å². The SMILES string of the molecule is Cc1ccc(S(=O)(=O)Nc2ccc(C(=O)NCCCOC(C)C)c(Cl)c2)cc1. The van der Waals surface area contributed by atoms with E-state index >= 15 is 0 Å². The van der Waals surface area contributed by atoms with Crippen LogP contribution in [0.3, 0.4) is 0 Å². The van der Waals surface area contributed by atoms with Crippen molar-refractivity contribution in [3.63, 3.8) is 0 Å². The summed E-state index contributed by atoms with van der Waals surface area (Å²) in [5.74, 6) is -0.317. The fourth-order valence-electron chi connectivity index (χ4n) is 2.38. The summed E-state index contributed by atoms with van der Waals surface area (Å²) in [7, 11) is -3.73. The molecule has 2 rings (SSSR count). The number of hydrogen-bond donors (Lipinski definition) is 2. The molecule has 2 aromatic rings. The van der Waals surface area contributed by atoms with E-state index in [1.807, 2.05) is 20.8 Å². The van der Waals surface area contributed by atoms with E-state index in [2.05, 4.69) is 10.0 Å². The zero-order valence-corrected chi connectivity index (χ0v) is 17.7. The third kappa shape index (κ3) is 6.51. The van der Waals surface area contributed by atoms with Crippen LogP contribution in [0.4, 0.5) is 5.69 Å². The van der Waals surface area contributed by atoms with Crippen LogP contribution in [0, 0.1) is 6.92 Å². The van der Waals surface area contributed by atoms with Crippen molar-refractivity contribution in [2.24, 2.45) is 0 Å². The highest BCUT2D eigenvalue weighted by molar-refractivity contribution is 7.92. The summed E-state index contributed by atoms with van der Waals surface area (Å²) in [4.78, 5) is 12.4. The van der Waals surface area contributed by atoms with Gasteiger partial charge in [-0.25, -0.2) is 8.42 Å². The molecule has 0 aliphatic rings. The molecule has 0 spiro atoms. The number of nitrogens with one attached hydrogen (secondary N) is 2. The Hall–Kier alpha value is -2.09. The molecule has 0 atom stereocenters. The Labute approximate surface area is 171 Å². The van der Waals surface area contributed by atoms with Crippen molar-refractivity contribution >= 4 is 33.2 Å². The summed E-state index contributed by atoms with van der Waals surface area (Å²) in [6.45, 7) is 6.81. The van der Waals surface area contributed by atoms with Gasteiger partial charge in [-0.3, -0.25) is 9.52 Å². The molecule has 152 valence electrons. The van der Waals surface area contributed by atoms with Crippen LogP contribution in [0.15, 0.2) is 47.4 Å². The van der Waals surface area contributed by atoms with E-state index in [4.69, 9.17) is 16.3 Å². The molecule has 2 aromatic carbocycles. The van der Waals surface area contributed by atoms with Crippen LogP contribution in [-0.2, 0) is 14.8 Å². The van der Waals surface area contributed by atoms with Crippen molar-refractivity contribution in [2.45, 2.75) is 38.2 Å². The second-order valence-electron chi connectivity index (χ2n) is 6.64. The van der Waals surface area contributed by atoms with Gasteiger partial charge in [0.15, 0.2) is 0 Å². The van der Waals surface area contributed by atoms with Gasteiger partial charge in [-0.2, -0.15) is 0 Å². The Morgan fingerprint density at radius 2 is 1.82 bits per heavy atom. The number of amides is 1. The van der Waals surface area contributed by atoms with E-state index in [0.29, 0.717) is 19.6 Å². The lowest BCUT2D eigenvalue weighted by Gasteiger charge is -2.11. The van der Waals surface area contributed by atoms with Crippen LogP contribution >= 0.6 is 11.6 Å². The first-order valence-electron chi connectivity index (χ1n) is 8.98. The Balaban J connectivity index is 1.99. The van der Waals surface area contributed by atoms with Crippen molar-refractivity contribution in [3.05, 3.63) is 58.6 Å². The monoisotopic (exact) mass is 424 g/mol. The third-order valence-corrected chi connectivity index (χ3v) is 5.56. The van der Waals surface area contributed by atoms with Gasteiger partial charge in [-0.15, -0.1) is 0 Å². The molecule has 2 N–H and O–H groups in total. The van der Waals surface area contributed by atoms with Gasteiger partial charge in [0.2, 0.25) is 0 Å². The van der Waals surface area contributed by atoms with Gasteiger partial charge in [0.05, 0.1) is 27.3 Å². The first-order valence-corrected chi connectivity index (χ1v) is 10.8. The molecule has 0 saturated heterocycles. The van der Waals surface area contributed by atoms with Crippen LogP contribution in [0.25, 0.3) is 0 Å². The number of carbonyl (C=O) groups is 1. The van der Waals surface area contributed by atoms with Gasteiger partial charge in [-0.05, 0) is 57.5 Å². The zero-order valence-electron chi connectivity index (χ0n) is 16.2. The minimum Gasteiger partial charge on any atom is -0.379 e. The molecule has 0 aliphatic carbocycles. The number of rotatable bonds is 9. The zero-order chi connectivity index (χ0) is 20.7. The number of carbonyl (C=O) groups excluding carboxylic acids is 1. The molecule has 0 bridgehead atoms. The number of sulfonamides is 1. The van der Waals surface area contributed by atoms with Crippen LogP contribution in [-0.4, -0.2) is 33.6 Å². The largest absolute Gasteiger partial charge is 0.379 e. The second-order valence-corrected chi connectivity index (χ2v) is 8.73. The van der Waals surface area contributed by atoms with Gasteiger partial charge in [0.1, 0.15) is 0 Å². The molecule has 1 amide bonds. The quantitative estimate of drug-likeness (QED) is 0.596. The molecular formula is C20H25ClN2O4S. The van der Waals surface area contributed by atoms with Gasteiger partial charge in [-0.1, -0.05) is 29.3 Å². The Kier molecular flexibility index (Phi) is 7.86. The molecule has 0 aliphatic heterocycles. The molecule has 0 saturated carbocycles. The van der Waals surface area contributed by atoms with Gasteiger partial charge >= 0.3 is 0 Å². The maximum atomic E-state index is 12.4. The number of benzene rings is 2. The highest BCUT2D eigenvalue weighted by atomic mass is 35.5. The minimum atomic E-state index is -3.73. The molecule has 28 heavy (non-hydrogen) atoms. The minimum absolute atomic E-state index is 0.152. The predicted octanol–water partition coefficient (Wildman–Crippen LogP) is 3.99. The number of ether oxygens (including phenoxy) is 1. The number of aryl methyl sites for hydroxylation is 1. The van der Waals surface area contributed by atoms with E-state index in [1.54, 1.807) is 12.1 Å². The first kappa shape index (κ1) is 22.2. The molecule has 0 fully saturated rings. The summed E-state index contributed by atoms with van der Waals surface area (Å²) in [6.07, 6.45) is 0.845. The normalized spacial score (nSPS) is 11.5. The molecule has 6 nitrogen and oxygen atoms in total. The molecule has 0 unspecified atom stereocenters. The number of hydrogen-bond acceptors (Lipinski definition) is 4. The maximum absolute atomic E-state index is 12.4. The summed E-state index contributed by atoms with van der Waals surface area (Å²) in [6, 6.07) is 10.9. The molecule has 0 heterocycles. The fourth-order valence-corrected chi connectivity index (χ4v) is 3.70. The van der Waals surface area contributed by atoms with Crippen LogP contribution in [0.2, 0.25) is 5.02 Å². The summed E-state index contributed by atoms with van der Waals surface area (Å²) in [5.41, 5.74) is 1.53. The van der Waals surface area contributed by atoms with Crippen LogP contribution < -0.4 is 10.0 Å². The third-order valence-electron chi connectivity index (χ3n) is 3.86. The Morgan fingerprint density at radius 3 is 2.43 bits per heavy atom. The lowest BCUT2D eigenvalue weighted by molar-refractivity contribution is 0.0757. The topological polar surface area (TPSA) is 84.5 Å². The smallest absolute Gasteiger partial charge is 0.261 e.